The van der Waals surface area contributed by atoms with Crippen LogP contribution in [0.2, 0.25) is 0 Å². The van der Waals surface area contributed by atoms with Gasteiger partial charge in [-0.3, -0.25) is 9.59 Å². The molecule has 0 bridgehead atoms. The van der Waals surface area contributed by atoms with Gasteiger partial charge in [0.15, 0.2) is 0 Å². The lowest BCUT2D eigenvalue weighted by molar-refractivity contribution is -0.133. The van der Waals surface area contributed by atoms with Gasteiger partial charge < -0.3 is 10.2 Å². The molecule has 0 spiro atoms. The summed E-state index contributed by atoms with van der Waals surface area (Å²) in [6.45, 7) is 7.01. The Bertz CT molecular complexity index is 462. The second kappa shape index (κ2) is 5.10. The van der Waals surface area contributed by atoms with E-state index >= 15 is 0 Å². The van der Waals surface area contributed by atoms with E-state index in [0.717, 1.165) is 0 Å². The maximum absolute atomic E-state index is 12.1. The summed E-state index contributed by atoms with van der Waals surface area (Å²) >= 11 is 1.72. The summed E-state index contributed by atoms with van der Waals surface area (Å²) < 4.78 is 0. The summed E-state index contributed by atoms with van der Waals surface area (Å²) in [6, 6.07) is 1.71. The Hall–Kier alpha value is -1.36. The number of thiophene rings is 1. The van der Waals surface area contributed by atoms with Crippen LogP contribution in [0.15, 0.2) is 6.07 Å². The Morgan fingerprint density at radius 2 is 2.17 bits per heavy atom. The Morgan fingerprint density at radius 1 is 1.44 bits per heavy atom. The molecule has 0 aromatic carbocycles. The molecule has 2 rings (SSSR count). The second-order valence-electron chi connectivity index (χ2n) is 4.75. The van der Waals surface area contributed by atoms with Crippen molar-refractivity contribution in [3.05, 3.63) is 21.4 Å². The van der Waals surface area contributed by atoms with Crippen molar-refractivity contribution in [2.75, 3.05) is 6.54 Å². The van der Waals surface area contributed by atoms with Gasteiger partial charge in [0, 0.05) is 22.7 Å². The highest BCUT2D eigenvalue weighted by Gasteiger charge is 2.26. The van der Waals surface area contributed by atoms with Gasteiger partial charge in [-0.15, -0.1) is 11.3 Å². The van der Waals surface area contributed by atoms with Gasteiger partial charge in [-0.2, -0.15) is 0 Å². The van der Waals surface area contributed by atoms with E-state index in [1.54, 1.807) is 23.2 Å². The van der Waals surface area contributed by atoms with Gasteiger partial charge in [0.25, 0.3) is 0 Å². The minimum Gasteiger partial charge on any atom is -0.345 e. The molecule has 1 aliphatic rings. The molecular weight excluding hydrogens is 248 g/mol. The lowest BCUT2D eigenvalue weighted by Crippen LogP contribution is -2.42. The van der Waals surface area contributed by atoms with Crippen LogP contribution in [0.1, 0.15) is 28.7 Å². The predicted octanol–water partition coefficient (Wildman–Crippen LogP) is 1.60. The fourth-order valence-electron chi connectivity index (χ4n) is 2.07. The molecule has 4 nitrogen and oxygen atoms in total. The van der Waals surface area contributed by atoms with Crippen molar-refractivity contribution in [2.24, 2.45) is 0 Å². The van der Waals surface area contributed by atoms with Crippen LogP contribution in [0.5, 0.6) is 0 Å². The van der Waals surface area contributed by atoms with Crippen molar-refractivity contribution in [3.63, 3.8) is 0 Å². The average molecular weight is 266 g/mol. The number of nitrogens with one attached hydrogen (secondary N) is 1. The first-order chi connectivity index (χ1) is 8.47. The summed E-state index contributed by atoms with van der Waals surface area (Å²) in [7, 11) is 0. The summed E-state index contributed by atoms with van der Waals surface area (Å²) in [5, 5.41) is 2.70. The topological polar surface area (TPSA) is 49.4 Å². The quantitative estimate of drug-likeness (QED) is 0.884. The molecule has 1 aromatic heterocycles. The number of amides is 2. The van der Waals surface area contributed by atoms with Crippen molar-refractivity contribution in [3.8, 4) is 0 Å². The summed E-state index contributed by atoms with van der Waals surface area (Å²) in [5.41, 5.74) is 1.26. The summed E-state index contributed by atoms with van der Waals surface area (Å²) in [6.07, 6.45) is 0.388. The van der Waals surface area contributed by atoms with E-state index in [4.69, 9.17) is 0 Å². The van der Waals surface area contributed by atoms with E-state index in [0.29, 0.717) is 19.5 Å². The van der Waals surface area contributed by atoms with E-state index in [-0.39, 0.29) is 11.8 Å². The van der Waals surface area contributed by atoms with Gasteiger partial charge in [-0.1, -0.05) is 0 Å². The molecule has 5 heteroatoms. The molecule has 1 N–H and O–H groups in total. The number of carbonyl (C=O) groups is 2. The number of aryl methyl sites for hydroxylation is 2. The van der Waals surface area contributed by atoms with Crippen LogP contribution in [0.3, 0.4) is 0 Å². The molecule has 1 aliphatic heterocycles. The zero-order valence-corrected chi connectivity index (χ0v) is 11.8. The van der Waals surface area contributed by atoms with Gasteiger partial charge >= 0.3 is 0 Å². The Morgan fingerprint density at radius 3 is 2.78 bits per heavy atom. The van der Waals surface area contributed by atoms with Gasteiger partial charge in [-0.25, -0.2) is 0 Å². The minimum atomic E-state index is -0.415. The van der Waals surface area contributed by atoms with Crippen LogP contribution in [0.25, 0.3) is 0 Å². The van der Waals surface area contributed by atoms with E-state index < -0.39 is 6.04 Å². The average Bonchev–Trinajstić information content (AvgIpc) is 2.56. The highest BCUT2D eigenvalue weighted by molar-refractivity contribution is 7.12. The molecule has 2 heterocycles. The molecule has 2 amide bonds. The zero-order valence-electron chi connectivity index (χ0n) is 10.9. The lowest BCUT2D eigenvalue weighted by atomic mass is 10.2. The molecule has 0 radical (unpaired) electrons. The zero-order chi connectivity index (χ0) is 13.3. The largest absolute Gasteiger partial charge is 0.345 e. The van der Waals surface area contributed by atoms with Gasteiger partial charge in [-0.05, 0) is 32.4 Å². The first-order valence-electron chi connectivity index (χ1n) is 6.11. The first-order valence-corrected chi connectivity index (χ1v) is 6.93. The fourth-order valence-corrected chi connectivity index (χ4v) is 3.14. The standard InChI is InChI=1S/C13H18N2O2S/c1-8-6-11(18-10(8)3)7-15-5-4-12(16)14-9(2)13(15)17/h6,9H,4-5,7H2,1-3H3,(H,14,16). The minimum absolute atomic E-state index is 0.00422. The third kappa shape index (κ3) is 2.72. The van der Waals surface area contributed by atoms with Crippen LogP contribution < -0.4 is 5.32 Å². The molecule has 18 heavy (non-hydrogen) atoms. The maximum atomic E-state index is 12.1. The Labute approximate surface area is 111 Å². The smallest absolute Gasteiger partial charge is 0.245 e. The number of carbonyl (C=O) groups excluding carboxylic acids is 2. The maximum Gasteiger partial charge on any atom is 0.245 e. The third-order valence-corrected chi connectivity index (χ3v) is 4.37. The van der Waals surface area contributed by atoms with E-state index in [9.17, 15) is 9.59 Å². The third-order valence-electron chi connectivity index (χ3n) is 3.23. The van der Waals surface area contributed by atoms with Crippen LogP contribution in [-0.2, 0) is 16.1 Å². The van der Waals surface area contributed by atoms with Crippen molar-refractivity contribution >= 4 is 23.2 Å². The molecule has 1 saturated heterocycles. The van der Waals surface area contributed by atoms with Crippen molar-refractivity contribution in [2.45, 2.75) is 39.8 Å². The summed E-state index contributed by atoms with van der Waals surface area (Å²) in [4.78, 5) is 27.7. The van der Waals surface area contributed by atoms with Crippen LogP contribution >= 0.6 is 11.3 Å². The van der Waals surface area contributed by atoms with E-state index in [1.165, 1.54) is 15.3 Å². The molecular formula is C13H18N2O2S. The van der Waals surface area contributed by atoms with Gasteiger partial charge in [0.05, 0.1) is 6.54 Å². The molecule has 1 fully saturated rings. The Kier molecular flexibility index (Phi) is 3.71. The predicted molar refractivity (Wildman–Crippen MR) is 71.4 cm³/mol. The highest BCUT2D eigenvalue weighted by atomic mass is 32.1. The van der Waals surface area contributed by atoms with Crippen LogP contribution in [-0.4, -0.2) is 29.3 Å². The monoisotopic (exact) mass is 266 g/mol. The number of rotatable bonds is 2. The molecule has 1 unspecified atom stereocenters. The van der Waals surface area contributed by atoms with Gasteiger partial charge in [0.1, 0.15) is 6.04 Å². The van der Waals surface area contributed by atoms with Gasteiger partial charge in [0.2, 0.25) is 11.8 Å². The molecule has 0 aliphatic carbocycles. The Balaban J connectivity index is 2.12. The number of hydrogen-bond acceptors (Lipinski definition) is 3. The fraction of sp³-hybridized carbons (Fsp3) is 0.538. The highest BCUT2D eigenvalue weighted by Crippen LogP contribution is 2.22. The SMILES string of the molecule is Cc1cc(CN2CCC(=O)NC(C)C2=O)sc1C. The van der Waals surface area contributed by atoms with Crippen molar-refractivity contribution in [1.29, 1.82) is 0 Å². The first kappa shape index (κ1) is 13.1. The molecule has 1 atom stereocenters. The van der Waals surface area contributed by atoms with Crippen LogP contribution in [0.4, 0.5) is 0 Å². The second-order valence-corrected chi connectivity index (χ2v) is 6.09. The van der Waals surface area contributed by atoms with Crippen molar-refractivity contribution < 1.29 is 9.59 Å². The van der Waals surface area contributed by atoms with E-state index in [1.807, 2.05) is 0 Å². The molecule has 98 valence electrons. The van der Waals surface area contributed by atoms with Crippen LogP contribution in [0, 0.1) is 13.8 Å². The summed E-state index contributed by atoms with van der Waals surface area (Å²) in [5.74, 6) is -0.0403. The number of hydrogen-bond donors (Lipinski definition) is 1. The molecule has 0 saturated carbocycles. The normalized spacial score (nSPS) is 20.8. The molecule has 1 aromatic rings. The lowest BCUT2D eigenvalue weighted by Gasteiger charge is -2.21. The van der Waals surface area contributed by atoms with Crippen molar-refractivity contribution in [1.82, 2.24) is 10.2 Å². The number of nitrogens with zero attached hydrogens (tertiary/aromatic N) is 1. The van der Waals surface area contributed by atoms with E-state index in [2.05, 4.69) is 25.2 Å².